The Bertz CT molecular complexity index is 1750. The molecular formula is C35H38F2N4O3. The van der Waals surface area contributed by atoms with Gasteiger partial charge in [-0.2, -0.15) is 0 Å². The van der Waals surface area contributed by atoms with E-state index in [2.05, 4.69) is 21.9 Å². The lowest BCUT2D eigenvalue weighted by Gasteiger charge is -2.24. The van der Waals surface area contributed by atoms with Crippen LogP contribution in [0.15, 0.2) is 72.8 Å². The number of carboxylic acid groups (broad SMARTS) is 1. The minimum Gasteiger partial charge on any atom is -0.478 e. The van der Waals surface area contributed by atoms with E-state index in [9.17, 15) is 14.3 Å². The highest BCUT2D eigenvalue weighted by Crippen LogP contribution is 2.25. The van der Waals surface area contributed by atoms with Gasteiger partial charge in [0, 0.05) is 30.7 Å². The van der Waals surface area contributed by atoms with E-state index < -0.39 is 11.8 Å². The van der Waals surface area contributed by atoms with Gasteiger partial charge in [-0.3, -0.25) is 0 Å². The number of fused-ring (bicyclic) bond motifs is 1. The maximum atomic E-state index is 15.1. The van der Waals surface area contributed by atoms with E-state index in [4.69, 9.17) is 4.74 Å². The van der Waals surface area contributed by atoms with Gasteiger partial charge in [0.25, 0.3) is 0 Å². The fraction of sp³-hybridized carbons (Fsp3) is 0.286. The molecule has 0 saturated carbocycles. The number of rotatable bonds is 7. The van der Waals surface area contributed by atoms with Gasteiger partial charge in [-0.1, -0.05) is 44.2 Å². The average molecular weight is 601 g/mol. The second kappa shape index (κ2) is 14.7. The number of aryl methyl sites for hydroxylation is 2. The number of nitrogens with zero attached hydrogens (tertiary/aromatic N) is 4. The van der Waals surface area contributed by atoms with Crippen LogP contribution in [0.4, 0.5) is 8.78 Å². The molecule has 9 heteroatoms. The van der Waals surface area contributed by atoms with Gasteiger partial charge in [0.1, 0.15) is 24.1 Å². The molecule has 7 nitrogen and oxygen atoms in total. The number of pyridine rings is 1. The summed E-state index contributed by atoms with van der Waals surface area (Å²) in [4.78, 5) is 22.6. The van der Waals surface area contributed by atoms with E-state index in [1.54, 1.807) is 60.1 Å². The fourth-order valence-electron chi connectivity index (χ4n) is 4.60. The zero-order chi connectivity index (χ0) is 31.8. The Labute approximate surface area is 256 Å². The Morgan fingerprint density at radius 2 is 1.61 bits per heavy atom. The molecule has 0 unspecified atom stereocenters. The monoisotopic (exact) mass is 600 g/mol. The maximum absolute atomic E-state index is 15.1. The molecule has 44 heavy (non-hydrogen) atoms. The molecule has 1 fully saturated rings. The van der Waals surface area contributed by atoms with Crippen LogP contribution in [0.3, 0.4) is 0 Å². The smallest absolute Gasteiger partial charge is 0.335 e. The molecule has 1 aliphatic heterocycles. The maximum Gasteiger partial charge on any atom is 0.335 e. The molecule has 0 amide bonds. The average Bonchev–Trinajstić information content (AvgIpc) is 3.32. The third kappa shape index (κ3) is 7.85. The van der Waals surface area contributed by atoms with Gasteiger partial charge in [-0.25, -0.2) is 23.5 Å². The van der Waals surface area contributed by atoms with Crippen LogP contribution in [0.5, 0.6) is 5.88 Å². The molecule has 0 spiro atoms. The van der Waals surface area contributed by atoms with E-state index in [0.717, 1.165) is 5.56 Å². The van der Waals surface area contributed by atoms with Crippen LogP contribution < -0.4 is 4.74 Å². The van der Waals surface area contributed by atoms with Crippen LogP contribution in [-0.2, 0) is 20.1 Å². The normalized spacial score (nSPS) is 12.4. The predicted molar refractivity (Wildman–Crippen MR) is 169 cm³/mol. The van der Waals surface area contributed by atoms with Gasteiger partial charge in [0.05, 0.1) is 22.3 Å². The number of aromatic nitrogens is 3. The summed E-state index contributed by atoms with van der Waals surface area (Å²) in [6.45, 7) is 8.49. The van der Waals surface area contributed by atoms with Gasteiger partial charge >= 0.3 is 5.97 Å². The number of benzene rings is 3. The van der Waals surface area contributed by atoms with Crippen molar-refractivity contribution in [2.24, 2.45) is 7.05 Å². The van der Waals surface area contributed by atoms with E-state index in [1.165, 1.54) is 37.7 Å². The number of likely N-dealkylation sites (tertiary alicyclic amines) is 1. The number of halogens is 2. The third-order valence-corrected chi connectivity index (χ3v) is 7.31. The molecule has 0 atom stereocenters. The molecule has 1 saturated heterocycles. The second-order valence-electron chi connectivity index (χ2n) is 10.5. The lowest BCUT2D eigenvalue weighted by molar-refractivity contribution is 0.0697. The van der Waals surface area contributed by atoms with Crippen molar-refractivity contribution < 1.29 is 23.4 Å². The molecule has 0 aliphatic carbocycles. The molecule has 0 bridgehead atoms. The van der Waals surface area contributed by atoms with Crippen LogP contribution in [0, 0.1) is 18.6 Å². The van der Waals surface area contributed by atoms with Gasteiger partial charge in [0.15, 0.2) is 0 Å². The molecule has 3 aromatic carbocycles. The second-order valence-corrected chi connectivity index (χ2v) is 10.5. The molecule has 6 rings (SSSR count). The number of ether oxygens (including phenoxy) is 1. The Kier molecular flexibility index (Phi) is 10.8. The number of carbonyl (C=O) groups is 1. The van der Waals surface area contributed by atoms with Gasteiger partial charge < -0.3 is 19.3 Å². The van der Waals surface area contributed by atoms with Crippen LogP contribution in [0.2, 0.25) is 0 Å². The Hall–Kier alpha value is -4.63. The number of hydrogen-bond donors (Lipinski definition) is 1. The first kappa shape index (κ1) is 32.3. The van der Waals surface area contributed by atoms with Gasteiger partial charge in [-0.05, 0) is 81.0 Å². The van der Waals surface area contributed by atoms with E-state index in [1.807, 2.05) is 26.8 Å². The minimum atomic E-state index is -1.02. The molecule has 0 radical (unpaired) electrons. The van der Waals surface area contributed by atoms with Crippen molar-refractivity contribution in [2.45, 2.75) is 40.2 Å². The summed E-state index contributed by atoms with van der Waals surface area (Å²) < 4.78 is 36.7. The zero-order valence-electron chi connectivity index (χ0n) is 25.8. The SMILES string of the molecule is CC.CN1CCC1.Cc1ccc(COc2cccc(-c3ccc(Cc4nc5ccc(C(=O)O)cc5n4C)c(F)c3)n2)c(F)c1. The predicted octanol–water partition coefficient (Wildman–Crippen LogP) is 7.44. The molecule has 230 valence electrons. The highest BCUT2D eigenvalue weighted by molar-refractivity contribution is 5.92. The molecule has 1 aliphatic rings. The van der Waals surface area contributed by atoms with Gasteiger partial charge in [0.2, 0.25) is 5.88 Å². The third-order valence-electron chi connectivity index (χ3n) is 7.31. The molecule has 5 aromatic rings. The van der Waals surface area contributed by atoms with Crippen molar-refractivity contribution in [2.75, 3.05) is 20.1 Å². The lowest BCUT2D eigenvalue weighted by atomic mass is 10.1. The summed E-state index contributed by atoms with van der Waals surface area (Å²) in [5, 5.41) is 9.25. The van der Waals surface area contributed by atoms with E-state index in [-0.39, 0.29) is 24.4 Å². The Morgan fingerprint density at radius 1 is 0.909 bits per heavy atom. The highest BCUT2D eigenvalue weighted by Gasteiger charge is 2.15. The summed E-state index contributed by atoms with van der Waals surface area (Å²) >= 11 is 0. The van der Waals surface area contributed by atoms with Crippen molar-refractivity contribution in [3.8, 4) is 17.1 Å². The van der Waals surface area contributed by atoms with Crippen molar-refractivity contribution in [1.82, 2.24) is 19.4 Å². The summed E-state index contributed by atoms with van der Waals surface area (Å²) in [5.41, 5.74) is 4.28. The summed E-state index contributed by atoms with van der Waals surface area (Å²) in [6.07, 6.45) is 1.65. The summed E-state index contributed by atoms with van der Waals surface area (Å²) in [5.74, 6) is -0.845. The number of carboxylic acids is 1. The van der Waals surface area contributed by atoms with Crippen LogP contribution in [-0.4, -0.2) is 50.6 Å². The molecular weight excluding hydrogens is 562 g/mol. The largest absolute Gasteiger partial charge is 0.478 e. The quantitative estimate of drug-likeness (QED) is 0.209. The minimum absolute atomic E-state index is 0.0296. The van der Waals surface area contributed by atoms with E-state index in [0.29, 0.717) is 45.1 Å². The summed E-state index contributed by atoms with van der Waals surface area (Å²) in [6, 6.07) is 19.7. The number of imidazole rings is 1. The standard InChI is InChI=1S/C29H23F2N3O3.C4H9N.C2H6/c1-17-6-7-21(22(30)12-17)16-37-28-5-3-4-24(33-28)19-9-8-18(23(31)13-19)15-27-32-25-11-10-20(29(35)36)14-26(25)34(27)2;1-5-3-2-4-5;1-2/h3-14H,15-16H2,1-2H3,(H,35,36);2-4H2,1H3;1-2H3. The fourth-order valence-corrected chi connectivity index (χ4v) is 4.60. The molecule has 1 N–H and O–H groups in total. The molecule has 2 aromatic heterocycles. The summed E-state index contributed by atoms with van der Waals surface area (Å²) in [7, 11) is 3.92. The Morgan fingerprint density at radius 3 is 2.25 bits per heavy atom. The van der Waals surface area contributed by atoms with Crippen molar-refractivity contribution in [3.63, 3.8) is 0 Å². The van der Waals surface area contributed by atoms with Crippen molar-refractivity contribution >= 4 is 17.0 Å². The van der Waals surface area contributed by atoms with Crippen LogP contribution in [0.25, 0.3) is 22.3 Å². The van der Waals surface area contributed by atoms with Crippen molar-refractivity contribution in [3.05, 3.63) is 113 Å². The first-order valence-electron chi connectivity index (χ1n) is 14.7. The molecule has 3 heterocycles. The first-order chi connectivity index (χ1) is 21.2. The van der Waals surface area contributed by atoms with Crippen LogP contribution >= 0.6 is 0 Å². The lowest BCUT2D eigenvalue weighted by Crippen LogP contribution is -2.32. The first-order valence-corrected chi connectivity index (χ1v) is 14.7. The number of hydrogen-bond acceptors (Lipinski definition) is 5. The van der Waals surface area contributed by atoms with Crippen molar-refractivity contribution in [1.29, 1.82) is 0 Å². The zero-order valence-corrected chi connectivity index (χ0v) is 25.8. The van der Waals surface area contributed by atoms with E-state index >= 15 is 4.39 Å². The Balaban J connectivity index is 0.000000565. The number of aromatic carboxylic acids is 1. The van der Waals surface area contributed by atoms with Gasteiger partial charge in [-0.15, -0.1) is 0 Å². The topological polar surface area (TPSA) is 80.5 Å². The van der Waals surface area contributed by atoms with Crippen LogP contribution in [0.1, 0.15) is 53.1 Å². The highest BCUT2D eigenvalue weighted by atomic mass is 19.1.